The van der Waals surface area contributed by atoms with E-state index in [1.165, 1.54) is 43.2 Å². The number of nitrogens with two attached hydrogens (primary N) is 2. The fourth-order valence-corrected chi connectivity index (χ4v) is 16.6. The average Bonchev–Trinajstić information content (AvgIpc) is 1.65. The summed E-state index contributed by atoms with van der Waals surface area (Å²) in [6.45, 7) is 11.9. The summed E-state index contributed by atoms with van der Waals surface area (Å²) in [5, 5.41) is 51.2. The molecule has 41 heteroatoms. The van der Waals surface area contributed by atoms with E-state index in [2.05, 4.69) is 88.4 Å². The van der Waals surface area contributed by atoms with Gasteiger partial charge in [0.05, 0.1) is 43.2 Å². The lowest BCUT2D eigenvalue weighted by Gasteiger charge is -2.33. The van der Waals surface area contributed by atoms with Crippen molar-refractivity contribution in [2.75, 3.05) is 44.7 Å². The second-order valence-corrected chi connectivity index (χ2v) is 34.1. The highest BCUT2D eigenvalue weighted by atomic mass is 33.1. The molecule has 0 radical (unpaired) electrons. The van der Waals surface area contributed by atoms with Crippen LogP contribution >= 0.6 is 21.6 Å². The van der Waals surface area contributed by atoms with E-state index < -0.39 is 211 Å². The normalized spacial score (nSPS) is 23.9. The van der Waals surface area contributed by atoms with E-state index in [4.69, 9.17) is 11.5 Å². The first-order valence-corrected chi connectivity index (χ1v) is 42.7. The number of likely N-dealkylation sites (N-methyl/N-ethyl adjacent to an activating group) is 1. The summed E-state index contributed by atoms with van der Waals surface area (Å²) in [6.07, 6.45) is 2.83. The molecular weight excluding hydrogens is 1610 g/mol. The highest BCUT2D eigenvalue weighted by Crippen LogP contribution is 2.28. The van der Waals surface area contributed by atoms with Gasteiger partial charge in [-0.15, -0.1) is 0 Å². The summed E-state index contributed by atoms with van der Waals surface area (Å²) < 4.78 is 0. The zero-order chi connectivity index (χ0) is 88.5. The molecule has 0 saturated carbocycles. The number of hydrogen-bond donors (Lipinski definition) is 18. The number of hydrogen-bond acceptors (Lipinski definition) is 23. The third-order valence-corrected chi connectivity index (χ3v) is 23.0. The molecule has 2 saturated heterocycles. The minimum Gasteiger partial charge on any atom is -0.481 e. The van der Waals surface area contributed by atoms with Gasteiger partial charge in [0.25, 0.3) is 17.7 Å². The number of primary amides is 1. The van der Waals surface area contributed by atoms with E-state index in [9.17, 15) is 82.1 Å². The number of aromatic amines is 3. The number of imidazole rings is 1. The van der Waals surface area contributed by atoms with Gasteiger partial charge in [-0.25, -0.2) is 15.0 Å². The molecule has 0 unspecified atom stereocenters. The molecule has 2 aromatic carbocycles. The lowest BCUT2D eigenvalue weighted by atomic mass is 9.98. The van der Waals surface area contributed by atoms with E-state index in [1.807, 2.05) is 0 Å². The summed E-state index contributed by atoms with van der Waals surface area (Å²) in [5.74, 6) is -15.8. The minimum atomic E-state index is -1.72. The first-order valence-electron chi connectivity index (χ1n) is 40.2. The van der Waals surface area contributed by atoms with Gasteiger partial charge in [-0.1, -0.05) is 99.5 Å². The molecule has 3 aromatic heterocycles. The number of H-pyrrole nitrogens is 3. The van der Waals surface area contributed by atoms with Gasteiger partial charge in [-0.3, -0.25) is 76.7 Å². The third kappa shape index (κ3) is 27.6. The maximum absolute atomic E-state index is 15.1. The molecule has 656 valence electrons. The first-order chi connectivity index (χ1) is 57.5. The number of aldehydes is 1. The summed E-state index contributed by atoms with van der Waals surface area (Å²) in [4.78, 5) is 251. The van der Waals surface area contributed by atoms with Gasteiger partial charge < -0.3 is 105 Å². The summed E-state index contributed by atoms with van der Waals surface area (Å²) in [5.41, 5.74) is 14.2. The minimum absolute atomic E-state index is 0.0612. The number of likely N-dealkylation sites (tertiary alicyclic amines) is 2. The molecule has 0 bridgehead atoms. The number of carbonyl (C=O) groups is 16. The average molecular weight is 1720 g/mol. The Kier molecular flexibility index (Phi) is 35.7. The Labute approximate surface area is 706 Å². The van der Waals surface area contributed by atoms with E-state index in [-0.39, 0.29) is 93.6 Å². The highest BCUT2D eigenvalue weighted by Gasteiger charge is 2.47. The van der Waals surface area contributed by atoms with E-state index in [1.54, 1.807) is 102 Å². The van der Waals surface area contributed by atoms with Crippen molar-refractivity contribution < 1.29 is 86.9 Å². The number of carboxylic acids is 1. The number of aliphatic hydroxyl groups excluding tert-OH is 1. The van der Waals surface area contributed by atoms with Crippen LogP contribution in [0.5, 0.6) is 0 Å². The molecule has 8 rings (SSSR count). The number of carbonyl (C=O) groups excluding carboxylic acids is 15. The number of aliphatic carboxylic acids is 1. The Morgan fingerprint density at radius 2 is 1.32 bits per heavy atom. The largest absolute Gasteiger partial charge is 0.481 e. The monoisotopic (exact) mass is 1720 g/mol. The van der Waals surface area contributed by atoms with Gasteiger partial charge in [-0.2, -0.15) is 0 Å². The fourth-order valence-electron chi connectivity index (χ4n) is 14.4. The molecular formula is C80H111N21O18S2. The molecule has 0 aliphatic carbocycles. The van der Waals surface area contributed by atoms with E-state index in [0.29, 0.717) is 51.3 Å². The number of aliphatic imine (C=N–C) groups is 2. The van der Waals surface area contributed by atoms with Crippen LogP contribution in [0.2, 0.25) is 0 Å². The quantitative estimate of drug-likeness (QED) is 0.0228. The lowest BCUT2D eigenvalue weighted by molar-refractivity contribution is -0.148. The topological polar surface area (TPSA) is 589 Å². The van der Waals surface area contributed by atoms with Crippen LogP contribution in [-0.2, 0) is 96.0 Å². The van der Waals surface area contributed by atoms with E-state index >= 15 is 4.79 Å². The van der Waals surface area contributed by atoms with Crippen LogP contribution in [0.1, 0.15) is 124 Å². The van der Waals surface area contributed by atoms with Crippen LogP contribution in [0.25, 0.3) is 21.8 Å². The van der Waals surface area contributed by atoms with Gasteiger partial charge in [-0.05, 0) is 100 Å². The number of aliphatic hydroxyl groups is 1. The second kappa shape index (κ2) is 45.4. The molecule has 3 aliphatic heterocycles. The number of aromatic nitrogens is 4. The predicted octanol–water partition coefficient (Wildman–Crippen LogP) is -1.72. The van der Waals surface area contributed by atoms with Crippen LogP contribution in [-0.4, -0.2) is 276 Å². The Morgan fingerprint density at radius 1 is 0.711 bits per heavy atom. The predicted molar refractivity (Wildman–Crippen MR) is 450 cm³/mol. The number of fused-ring (bicyclic) bond motifs is 2. The molecule has 14 amide bonds. The van der Waals surface area contributed by atoms with Crippen molar-refractivity contribution in [2.24, 2.45) is 39.2 Å². The van der Waals surface area contributed by atoms with Gasteiger partial charge in [0.15, 0.2) is 6.29 Å². The van der Waals surface area contributed by atoms with Crippen molar-refractivity contribution in [3.63, 3.8) is 0 Å². The summed E-state index contributed by atoms with van der Waals surface area (Å²) in [7, 11) is 3.50. The summed E-state index contributed by atoms with van der Waals surface area (Å²) >= 11 is 0. The molecule has 2 fully saturated rings. The standard InChI is InChI=1S/C80H111N21O18S2/c1-40(2)23-56-70(109)88-34-65(105)92-55(20-21-66(106)107)71(110)95-57(24-41(3)4)76(115)99-67(42(5)6)78(117)98-58(25-45-30-86-53-17-12-10-15-51(45)53)72(111)91-50(36-102)38-121-120-37-49(90-73(112)61(29-64(82)104)97-77(116)63-27-47(81)35-101(63)79(118)62-19-14-22-100(62)80(119)68(83-9)44(8)103)33-85-43(7)69(108)93-59(26-46-31-87-54-18-13-11-16-52(46)54)74(113)96-60(75(114)94-56)28-48-32-84-39-89-48/h10-13,15-18,30-32,36,39-44,47,49,55,57-63,67-68,83,85-87,103H,14,19-29,33-35,37-38,81H2,1-9H3,(H2,82,104)(H,84,89)(H,88,109)(H,90,112)(H,92,105)(H,93,108)(H,95,110)(H,96,113)(H,97,116)(H,98,117)(H,99,115)(H,106,107)/t43-,44+,47-,49+,55-,57-,58-,59-,60-,61-,62+,63-,67-,68-/m0/s1. The Balaban J connectivity index is 1.15. The molecule has 3 aliphatic rings. The second-order valence-electron chi connectivity index (χ2n) is 31.6. The smallest absolute Gasteiger partial charge is 0.303 e. The Hall–Kier alpha value is -11.3. The van der Waals surface area contributed by atoms with Gasteiger partial charge in [0.2, 0.25) is 65.0 Å². The molecule has 5 aromatic rings. The van der Waals surface area contributed by atoms with Crippen LogP contribution < -0.4 is 70.0 Å². The SMILES string of the molecule is CN[C@H](C(=O)N1CCC[C@@H]1C(=O)N1C[C@@H](N)C[C@H]1C(=O)N[C@@H](CC(N)=O)C(=O)N[C@@H]1CN[C@@H](C)C(=O)N[C@@H](Cc2c[nH]c3ccccc23)C(=O)N[C@@H](Cc2cnc[nH]2)C(=O)N=C(CC(C)C)C(=O)NCC(=O)N[C@@H](CCC(=O)O)C(=O)N[C@@H](CC(C)C)C(=O)N[C@@H](C(C)C)C(=O)N[C@@H](Cc2c[nH]c3ccccc23)C(=O)N=C(C=O)CSSC1)[C@@H](C)O. The van der Waals surface area contributed by atoms with Crippen molar-refractivity contribution in [3.05, 3.63) is 90.3 Å². The summed E-state index contributed by atoms with van der Waals surface area (Å²) in [6, 6.07) is -3.13. The highest BCUT2D eigenvalue weighted by molar-refractivity contribution is 8.76. The number of para-hydroxylation sites is 2. The number of carboxylic acid groups (broad SMARTS) is 1. The van der Waals surface area contributed by atoms with E-state index in [0.717, 1.165) is 21.6 Å². The van der Waals surface area contributed by atoms with Crippen molar-refractivity contribution in [1.82, 2.24) is 88.2 Å². The van der Waals surface area contributed by atoms with Crippen molar-refractivity contribution in [2.45, 2.75) is 211 Å². The van der Waals surface area contributed by atoms with Crippen LogP contribution in [0, 0.1) is 17.8 Å². The third-order valence-electron chi connectivity index (χ3n) is 20.6. The number of nitrogens with zero attached hydrogens (tertiary/aromatic N) is 5. The molecule has 6 heterocycles. The maximum atomic E-state index is 15.1. The zero-order valence-electron chi connectivity index (χ0n) is 69.0. The van der Waals surface area contributed by atoms with Gasteiger partial charge >= 0.3 is 5.97 Å². The van der Waals surface area contributed by atoms with Crippen molar-refractivity contribution in [3.8, 4) is 0 Å². The Bertz CT molecular complexity index is 4620. The van der Waals surface area contributed by atoms with Crippen molar-refractivity contribution in [1.29, 1.82) is 0 Å². The van der Waals surface area contributed by atoms with Crippen molar-refractivity contribution >= 4 is 150 Å². The molecule has 0 spiro atoms. The zero-order valence-corrected chi connectivity index (χ0v) is 70.6. The van der Waals surface area contributed by atoms with Crippen LogP contribution in [0.15, 0.2) is 83.4 Å². The number of rotatable bonds is 25. The number of benzene rings is 2. The van der Waals surface area contributed by atoms with Crippen LogP contribution in [0.4, 0.5) is 0 Å². The van der Waals surface area contributed by atoms with Gasteiger partial charge in [0, 0.05) is 109 Å². The number of nitrogens with one attached hydrogen (secondary N) is 14. The molecule has 14 atom stereocenters. The maximum Gasteiger partial charge on any atom is 0.303 e. The first kappa shape index (κ1) is 95.2. The molecule has 121 heavy (non-hydrogen) atoms. The Morgan fingerprint density at radius 3 is 1.93 bits per heavy atom. The van der Waals surface area contributed by atoms with Crippen LogP contribution in [0.3, 0.4) is 0 Å². The number of amides is 14. The molecule has 20 N–H and O–H groups in total. The molecule has 39 nitrogen and oxygen atoms in total. The van der Waals surface area contributed by atoms with Gasteiger partial charge in [0.1, 0.15) is 66.1 Å². The lowest BCUT2D eigenvalue weighted by Crippen LogP contribution is -2.59. The fraction of sp³-hybridized carbons (Fsp3) is 0.537.